The number of hydrogen-bond donors (Lipinski definition) is 1. The molecule has 2 aliphatic rings. The lowest BCUT2D eigenvalue weighted by Gasteiger charge is -2.32. The van der Waals surface area contributed by atoms with E-state index in [1.54, 1.807) is 0 Å². The van der Waals surface area contributed by atoms with Gasteiger partial charge in [0.1, 0.15) is 11.6 Å². The van der Waals surface area contributed by atoms with Gasteiger partial charge in [-0.1, -0.05) is 12.1 Å². The third-order valence-electron chi connectivity index (χ3n) is 6.26. The zero-order valence-electron chi connectivity index (χ0n) is 18.9. The van der Waals surface area contributed by atoms with Crippen molar-refractivity contribution < 1.29 is 9.53 Å². The molecule has 31 heavy (non-hydrogen) atoms. The lowest BCUT2D eigenvalue weighted by molar-refractivity contribution is 0.0733. The summed E-state index contributed by atoms with van der Waals surface area (Å²) in [5, 5.41) is 3.26. The molecule has 3 heterocycles. The molecule has 0 unspecified atom stereocenters. The van der Waals surface area contributed by atoms with E-state index in [1.807, 2.05) is 43.1 Å². The fourth-order valence-corrected chi connectivity index (χ4v) is 4.52. The van der Waals surface area contributed by atoms with E-state index in [4.69, 9.17) is 14.7 Å². The molecule has 0 spiro atoms. The van der Waals surface area contributed by atoms with Crippen LogP contribution >= 0.6 is 0 Å². The largest absolute Gasteiger partial charge is 0.377 e. The topological polar surface area (TPSA) is 70.6 Å². The zero-order valence-corrected chi connectivity index (χ0v) is 18.9. The summed E-state index contributed by atoms with van der Waals surface area (Å²) >= 11 is 0. The molecule has 4 rings (SSSR count). The van der Waals surface area contributed by atoms with E-state index < -0.39 is 0 Å². The summed E-state index contributed by atoms with van der Waals surface area (Å²) in [5.41, 5.74) is 3.91. The summed E-state index contributed by atoms with van der Waals surface area (Å²) in [5.74, 6) is 2.23. The van der Waals surface area contributed by atoms with Gasteiger partial charge in [0.2, 0.25) is 0 Å². The van der Waals surface area contributed by atoms with Crippen LogP contribution in [0.4, 0.5) is 5.82 Å². The van der Waals surface area contributed by atoms with Gasteiger partial charge in [-0.15, -0.1) is 0 Å². The molecule has 7 heteroatoms. The normalized spacial score (nSPS) is 19.2. The number of likely N-dealkylation sites (tertiary alicyclic amines) is 1. The third-order valence-corrected chi connectivity index (χ3v) is 6.26. The summed E-state index contributed by atoms with van der Waals surface area (Å²) in [6.07, 6.45) is 3.08. The molecular weight excluding hydrogens is 390 g/mol. The average molecular weight is 424 g/mol. The number of amides is 1. The van der Waals surface area contributed by atoms with Crippen molar-refractivity contribution in [1.82, 2.24) is 19.8 Å². The Bertz CT molecular complexity index is 898. The molecule has 1 aromatic carbocycles. The number of benzene rings is 1. The number of aromatic nitrogens is 2. The maximum atomic E-state index is 13.1. The maximum Gasteiger partial charge on any atom is 0.254 e. The van der Waals surface area contributed by atoms with Crippen LogP contribution in [0.25, 0.3) is 0 Å². The molecule has 0 bridgehead atoms. The fourth-order valence-electron chi connectivity index (χ4n) is 4.52. The van der Waals surface area contributed by atoms with Crippen LogP contribution in [0.5, 0.6) is 0 Å². The van der Waals surface area contributed by atoms with Crippen LogP contribution in [0, 0.1) is 0 Å². The first-order chi connectivity index (χ1) is 15.1. The Morgan fingerprint density at radius 3 is 2.74 bits per heavy atom. The Morgan fingerprint density at radius 2 is 2.03 bits per heavy atom. The molecule has 2 aliphatic heterocycles. The molecule has 0 aliphatic carbocycles. The van der Waals surface area contributed by atoms with Crippen LogP contribution < -0.4 is 5.32 Å². The van der Waals surface area contributed by atoms with Gasteiger partial charge in [-0.25, -0.2) is 9.97 Å². The molecule has 1 saturated heterocycles. The van der Waals surface area contributed by atoms with E-state index in [9.17, 15) is 4.79 Å². The van der Waals surface area contributed by atoms with E-state index in [0.717, 1.165) is 54.4 Å². The minimum atomic E-state index is 0.0497. The van der Waals surface area contributed by atoms with E-state index in [0.29, 0.717) is 37.8 Å². The van der Waals surface area contributed by atoms with Gasteiger partial charge in [-0.2, -0.15) is 0 Å². The number of likely N-dealkylation sites (N-methyl/N-ethyl adjacent to an activating group) is 1. The Labute approximate surface area is 184 Å². The van der Waals surface area contributed by atoms with Crippen molar-refractivity contribution >= 4 is 11.7 Å². The molecule has 2 aromatic rings. The highest BCUT2D eigenvalue weighted by atomic mass is 16.5. The summed E-state index contributed by atoms with van der Waals surface area (Å²) in [6, 6.07) is 7.72. The lowest BCUT2D eigenvalue weighted by atomic mass is 9.96. The average Bonchev–Trinajstić information content (AvgIpc) is 2.81. The fraction of sp³-hybridized carbons (Fsp3) is 0.542. The number of nitrogens with one attached hydrogen (secondary N) is 1. The van der Waals surface area contributed by atoms with Crippen LogP contribution in [0.2, 0.25) is 0 Å². The Kier molecular flexibility index (Phi) is 6.83. The van der Waals surface area contributed by atoms with Crippen LogP contribution in [-0.4, -0.2) is 66.0 Å². The van der Waals surface area contributed by atoms with Crippen molar-refractivity contribution in [1.29, 1.82) is 0 Å². The molecule has 1 aromatic heterocycles. The molecule has 1 amide bonds. The predicted octanol–water partition coefficient (Wildman–Crippen LogP) is 3.06. The number of rotatable bonds is 6. The number of carbonyl (C=O) groups excluding carboxylic acids is 1. The molecule has 166 valence electrons. The van der Waals surface area contributed by atoms with Crippen molar-refractivity contribution in [3.63, 3.8) is 0 Å². The van der Waals surface area contributed by atoms with Crippen LogP contribution in [0.1, 0.15) is 58.7 Å². The monoisotopic (exact) mass is 423 g/mol. The van der Waals surface area contributed by atoms with Crippen molar-refractivity contribution in [2.45, 2.75) is 45.3 Å². The molecule has 1 atom stereocenters. The third kappa shape index (κ3) is 4.88. The van der Waals surface area contributed by atoms with Crippen molar-refractivity contribution in [2.75, 3.05) is 45.7 Å². The second-order valence-corrected chi connectivity index (χ2v) is 8.52. The second-order valence-electron chi connectivity index (χ2n) is 8.52. The van der Waals surface area contributed by atoms with Gasteiger partial charge in [-0.3, -0.25) is 4.79 Å². The second kappa shape index (κ2) is 9.75. The van der Waals surface area contributed by atoms with Crippen LogP contribution in [0.15, 0.2) is 24.3 Å². The summed E-state index contributed by atoms with van der Waals surface area (Å²) < 4.78 is 5.44. The van der Waals surface area contributed by atoms with E-state index in [1.165, 1.54) is 6.42 Å². The summed E-state index contributed by atoms with van der Waals surface area (Å²) in [7, 11) is 4.06. The molecular formula is C24H33N5O2. The van der Waals surface area contributed by atoms with Gasteiger partial charge >= 0.3 is 0 Å². The van der Waals surface area contributed by atoms with Crippen molar-refractivity contribution in [3.05, 3.63) is 52.5 Å². The first kappa shape index (κ1) is 21.7. The van der Waals surface area contributed by atoms with Gasteiger partial charge in [-0.05, 0) is 51.1 Å². The smallest absolute Gasteiger partial charge is 0.254 e. The number of carbonyl (C=O) groups is 1. The maximum absolute atomic E-state index is 13.1. The first-order valence-electron chi connectivity index (χ1n) is 11.3. The highest BCUT2D eigenvalue weighted by Crippen LogP contribution is 2.30. The van der Waals surface area contributed by atoms with Gasteiger partial charge in [0.15, 0.2) is 0 Å². The van der Waals surface area contributed by atoms with Crippen molar-refractivity contribution in [2.24, 2.45) is 0 Å². The number of ether oxygens (including phenoxy) is 1. The Hall–Kier alpha value is -2.51. The quantitative estimate of drug-likeness (QED) is 0.770. The molecule has 0 saturated carbocycles. The Balaban J connectivity index is 1.50. The van der Waals surface area contributed by atoms with Gasteiger partial charge in [0.25, 0.3) is 5.91 Å². The Morgan fingerprint density at radius 1 is 1.23 bits per heavy atom. The van der Waals surface area contributed by atoms with Crippen LogP contribution in [-0.2, 0) is 24.3 Å². The number of anilines is 1. The van der Waals surface area contributed by atoms with E-state index in [2.05, 4.69) is 17.3 Å². The molecule has 1 N–H and O–H groups in total. The lowest BCUT2D eigenvalue weighted by Crippen LogP contribution is -2.37. The minimum Gasteiger partial charge on any atom is -0.377 e. The molecule has 7 nitrogen and oxygen atoms in total. The molecule has 1 fully saturated rings. The number of piperidine rings is 1. The van der Waals surface area contributed by atoms with Crippen LogP contribution in [0.3, 0.4) is 0 Å². The number of nitrogens with zero attached hydrogens (tertiary/aromatic N) is 4. The minimum absolute atomic E-state index is 0.0497. The van der Waals surface area contributed by atoms with E-state index >= 15 is 0 Å². The highest BCUT2D eigenvalue weighted by molar-refractivity contribution is 5.94. The molecule has 0 radical (unpaired) electrons. The summed E-state index contributed by atoms with van der Waals surface area (Å²) in [4.78, 5) is 27.2. The number of hydrogen-bond acceptors (Lipinski definition) is 6. The SMILES string of the molecule is CCOCc1ccc(C(=O)N2CCc3nc([C@H]4CCCN(C)C4)nc(NC)c3C2)cc1. The predicted molar refractivity (Wildman–Crippen MR) is 121 cm³/mol. The van der Waals surface area contributed by atoms with Crippen molar-refractivity contribution in [3.8, 4) is 0 Å². The highest BCUT2D eigenvalue weighted by Gasteiger charge is 2.28. The van der Waals surface area contributed by atoms with E-state index in [-0.39, 0.29) is 5.91 Å². The standard InChI is InChI=1S/C24H33N5O2/c1-4-31-16-17-7-9-18(10-8-17)24(30)29-13-11-21-20(15-29)23(25-2)27-22(26-21)19-6-5-12-28(3)14-19/h7-10,19H,4-6,11-16H2,1-3H3,(H,25,26,27)/t19-/m0/s1. The zero-order chi connectivity index (χ0) is 21.8. The van der Waals surface area contributed by atoms with Gasteiger partial charge in [0.05, 0.1) is 18.8 Å². The van der Waals surface area contributed by atoms with Gasteiger partial charge in [0, 0.05) is 50.2 Å². The first-order valence-corrected chi connectivity index (χ1v) is 11.3. The number of fused-ring (bicyclic) bond motifs is 1. The summed E-state index contributed by atoms with van der Waals surface area (Å²) in [6.45, 7) is 6.60. The van der Waals surface area contributed by atoms with Gasteiger partial charge < -0.3 is 19.9 Å².